The predicted octanol–water partition coefficient (Wildman–Crippen LogP) is 4.17. The summed E-state index contributed by atoms with van der Waals surface area (Å²) >= 11 is 9.11. The molecule has 0 spiro atoms. The highest BCUT2D eigenvalue weighted by molar-refractivity contribution is 9.10. The number of hydrogen-bond donors (Lipinski definition) is 1. The van der Waals surface area contributed by atoms with Crippen molar-refractivity contribution in [3.63, 3.8) is 0 Å². The van der Waals surface area contributed by atoms with Crippen molar-refractivity contribution in [1.29, 1.82) is 0 Å². The fraction of sp³-hybridized carbons (Fsp3) is 0.214. The Kier molecular flexibility index (Phi) is 4.91. The molecule has 0 aliphatic rings. The number of benzene rings is 1. The van der Waals surface area contributed by atoms with E-state index in [1.807, 2.05) is 32.0 Å². The average molecular weight is 390 g/mol. The molecule has 0 atom stereocenters. The van der Waals surface area contributed by atoms with E-state index in [9.17, 15) is 8.42 Å². The van der Waals surface area contributed by atoms with Crippen molar-refractivity contribution in [2.75, 3.05) is 4.72 Å². The van der Waals surface area contributed by atoms with E-state index in [1.165, 1.54) is 12.3 Å². The molecular formula is C14H14BrClN2O2S. The summed E-state index contributed by atoms with van der Waals surface area (Å²) in [4.78, 5) is 3.80. The smallest absolute Gasteiger partial charge is 0.265 e. The van der Waals surface area contributed by atoms with Gasteiger partial charge in [-0.15, -0.1) is 0 Å². The van der Waals surface area contributed by atoms with Crippen LogP contribution < -0.4 is 4.72 Å². The number of nitrogens with zero attached hydrogens (tertiary/aromatic N) is 1. The lowest BCUT2D eigenvalue weighted by Gasteiger charge is -2.15. The summed E-state index contributed by atoms with van der Waals surface area (Å²) in [6, 6.07) is 7.09. The van der Waals surface area contributed by atoms with E-state index < -0.39 is 10.0 Å². The van der Waals surface area contributed by atoms with E-state index in [1.54, 1.807) is 0 Å². The van der Waals surface area contributed by atoms with Gasteiger partial charge in [0.25, 0.3) is 10.0 Å². The fourth-order valence-corrected chi connectivity index (χ4v) is 4.07. The summed E-state index contributed by atoms with van der Waals surface area (Å²) in [5.74, 6) is 0. The van der Waals surface area contributed by atoms with E-state index in [4.69, 9.17) is 11.6 Å². The predicted molar refractivity (Wildman–Crippen MR) is 88.3 cm³/mol. The molecule has 2 rings (SSSR count). The Bertz CT molecular complexity index is 779. The first kappa shape index (κ1) is 16.3. The molecule has 0 fully saturated rings. The SMILES string of the molecule is CCc1cccc(C)c1NS(=O)(=O)c1cc(Br)cnc1Cl. The first-order valence-electron chi connectivity index (χ1n) is 6.27. The highest BCUT2D eigenvalue weighted by Crippen LogP contribution is 2.28. The molecule has 1 N–H and O–H groups in total. The second-order valence-corrected chi connectivity index (χ2v) is 7.44. The van der Waals surface area contributed by atoms with Crippen LogP contribution in [-0.2, 0) is 16.4 Å². The molecule has 0 amide bonds. The van der Waals surface area contributed by atoms with Crippen LogP contribution in [0.5, 0.6) is 0 Å². The Morgan fingerprint density at radius 1 is 1.38 bits per heavy atom. The molecular weight excluding hydrogens is 376 g/mol. The average Bonchev–Trinajstić information content (AvgIpc) is 2.43. The molecule has 0 radical (unpaired) electrons. The van der Waals surface area contributed by atoms with E-state index in [-0.39, 0.29) is 10.0 Å². The number of sulfonamides is 1. The minimum Gasteiger partial charge on any atom is -0.279 e. The van der Waals surface area contributed by atoms with Crippen LogP contribution in [0.4, 0.5) is 5.69 Å². The monoisotopic (exact) mass is 388 g/mol. The van der Waals surface area contributed by atoms with E-state index in [0.717, 1.165) is 17.5 Å². The maximum absolute atomic E-state index is 12.5. The molecule has 4 nitrogen and oxygen atoms in total. The van der Waals surface area contributed by atoms with Gasteiger partial charge >= 0.3 is 0 Å². The Morgan fingerprint density at radius 2 is 2.10 bits per heavy atom. The number of halogens is 2. The van der Waals surface area contributed by atoms with Crippen molar-refractivity contribution in [3.05, 3.63) is 51.2 Å². The van der Waals surface area contributed by atoms with Gasteiger partial charge in [-0.25, -0.2) is 13.4 Å². The Morgan fingerprint density at radius 3 is 2.76 bits per heavy atom. The van der Waals surface area contributed by atoms with E-state index in [2.05, 4.69) is 25.6 Å². The lowest BCUT2D eigenvalue weighted by Crippen LogP contribution is -2.16. The summed E-state index contributed by atoms with van der Waals surface area (Å²) in [5.41, 5.74) is 2.38. The van der Waals surface area contributed by atoms with Gasteiger partial charge in [-0.05, 0) is 46.5 Å². The highest BCUT2D eigenvalue weighted by Gasteiger charge is 2.21. The van der Waals surface area contributed by atoms with Crippen LogP contribution in [0.25, 0.3) is 0 Å². The molecule has 7 heteroatoms. The summed E-state index contributed by atoms with van der Waals surface area (Å²) in [6.45, 7) is 3.83. The normalized spacial score (nSPS) is 11.4. The van der Waals surface area contributed by atoms with Gasteiger partial charge in [0.1, 0.15) is 10.0 Å². The highest BCUT2D eigenvalue weighted by atomic mass is 79.9. The maximum atomic E-state index is 12.5. The summed E-state index contributed by atoms with van der Waals surface area (Å²) in [5, 5.41) is -0.0580. The Balaban J connectivity index is 2.50. The number of aryl methyl sites for hydroxylation is 2. The molecule has 1 aromatic heterocycles. The first-order chi connectivity index (χ1) is 9.85. The molecule has 1 heterocycles. The molecule has 2 aromatic rings. The van der Waals surface area contributed by atoms with Crippen LogP contribution in [0.3, 0.4) is 0 Å². The molecule has 0 saturated carbocycles. The van der Waals surface area contributed by atoms with Crippen LogP contribution in [0.2, 0.25) is 5.15 Å². The van der Waals surface area contributed by atoms with Gasteiger partial charge in [-0.1, -0.05) is 36.7 Å². The van der Waals surface area contributed by atoms with Crippen molar-refractivity contribution in [3.8, 4) is 0 Å². The van der Waals surface area contributed by atoms with Crippen molar-refractivity contribution < 1.29 is 8.42 Å². The van der Waals surface area contributed by atoms with E-state index in [0.29, 0.717) is 10.2 Å². The van der Waals surface area contributed by atoms with Gasteiger partial charge < -0.3 is 0 Å². The van der Waals surface area contributed by atoms with Crippen molar-refractivity contribution >= 4 is 43.2 Å². The van der Waals surface area contributed by atoms with Gasteiger partial charge in [0.2, 0.25) is 0 Å². The van der Waals surface area contributed by atoms with Crippen LogP contribution in [0, 0.1) is 6.92 Å². The molecule has 1 aromatic carbocycles. The number of aromatic nitrogens is 1. The molecule has 0 aliphatic carbocycles. The van der Waals surface area contributed by atoms with E-state index >= 15 is 0 Å². The lowest BCUT2D eigenvalue weighted by molar-refractivity contribution is 0.600. The molecule has 112 valence electrons. The molecule has 0 aliphatic heterocycles. The fourth-order valence-electron chi connectivity index (χ4n) is 1.95. The number of anilines is 1. The Labute approximate surface area is 137 Å². The largest absolute Gasteiger partial charge is 0.279 e. The Hall–Kier alpha value is -1.11. The third-order valence-corrected chi connectivity index (χ3v) is 5.25. The lowest BCUT2D eigenvalue weighted by atomic mass is 10.1. The van der Waals surface area contributed by atoms with Crippen LogP contribution in [-0.4, -0.2) is 13.4 Å². The first-order valence-corrected chi connectivity index (χ1v) is 8.93. The molecule has 0 unspecified atom stereocenters. The zero-order chi connectivity index (χ0) is 15.6. The number of para-hydroxylation sites is 1. The number of pyridine rings is 1. The third kappa shape index (κ3) is 3.56. The third-order valence-electron chi connectivity index (χ3n) is 3.04. The standard InChI is InChI=1S/C14H14BrClN2O2S/c1-3-10-6-4-5-9(2)13(10)18-21(19,20)12-7-11(15)8-17-14(12)16/h4-8,18H,3H2,1-2H3. The second-order valence-electron chi connectivity index (χ2n) is 4.51. The van der Waals surface area contributed by atoms with Gasteiger partial charge in [0.15, 0.2) is 0 Å². The maximum Gasteiger partial charge on any atom is 0.265 e. The summed E-state index contributed by atoms with van der Waals surface area (Å²) in [6.07, 6.45) is 2.18. The summed E-state index contributed by atoms with van der Waals surface area (Å²) in [7, 11) is -3.80. The topological polar surface area (TPSA) is 59.1 Å². The quantitative estimate of drug-likeness (QED) is 0.798. The second kappa shape index (κ2) is 6.34. The van der Waals surface area contributed by atoms with Crippen LogP contribution >= 0.6 is 27.5 Å². The molecule has 0 bridgehead atoms. The summed E-state index contributed by atoms with van der Waals surface area (Å²) < 4.78 is 28.2. The number of hydrogen-bond acceptors (Lipinski definition) is 3. The zero-order valence-electron chi connectivity index (χ0n) is 11.5. The molecule has 21 heavy (non-hydrogen) atoms. The van der Waals surface area contributed by atoms with Crippen molar-refractivity contribution in [2.24, 2.45) is 0 Å². The van der Waals surface area contributed by atoms with Gasteiger partial charge in [0.05, 0.1) is 5.69 Å². The number of nitrogens with one attached hydrogen (secondary N) is 1. The molecule has 0 saturated heterocycles. The van der Waals surface area contributed by atoms with Crippen LogP contribution in [0.1, 0.15) is 18.1 Å². The minimum atomic E-state index is -3.80. The van der Waals surface area contributed by atoms with Crippen molar-refractivity contribution in [1.82, 2.24) is 4.98 Å². The van der Waals surface area contributed by atoms with Crippen LogP contribution in [0.15, 0.2) is 39.8 Å². The van der Waals surface area contributed by atoms with Gasteiger partial charge in [-0.3, -0.25) is 4.72 Å². The number of rotatable bonds is 4. The van der Waals surface area contributed by atoms with Crippen molar-refractivity contribution in [2.45, 2.75) is 25.2 Å². The minimum absolute atomic E-state index is 0.0520. The van der Waals surface area contributed by atoms with Gasteiger partial charge in [-0.2, -0.15) is 0 Å². The zero-order valence-corrected chi connectivity index (χ0v) is 14.7. The van der Waals surface area contributed by atoms with Gasteiger partial charge in [0, 0.05) is 10.7 Å².